The number of carbonyl (C=O) groups excluding carboxylic acids is 1. The van der Waals surface area contributed by atoms with Crippen LogP contribution in [0.25, 0.3) is 5.57 Å². The van der Waals surface area contributed by atoms with Crippen LogP contribution in [-0.4, -0.2) is 98.3 Å². The summed E-state index contributed by atoms with van der Waals surface area (Å²) in [5.74, 6) is 0.773. The third kappa shape index (κ3) is 11.9. The molecule has 7 rings (SSSR count). The Balaban J connectivity index is 0.927. The molecule has 4 aromatic rings. The molecule has 0 radical (unpaired) electrons. The van der Waals surface area contributed by atoms with Crippen molar-refractivity contribution < 1.29 is 39.7 Å². The summed E-state index contributed by atoms with van der Waals surface area (Å²) in [6, 6.07) is 26.8. The minimum atomic E-state index is -3.93. The number of hydrogen-bond acceptors (Lipinski definition) is 9. The minimum Gasteiger partial charge on any atom is -0.494 e. The largest absolute Gasteiger partial charge is 0.494 e. The zero-order valence-electron chi connectivity index (χ0n) is 42.4. The van der Waals surface area contributed by atoms with Gasteiger partial charge in [0.2, 0.25) is 21.6 Å². The van der Waals surface area contributed by atoms with E-state index in [1.807, 2.05) is 78.5 Å². The van der Waals surface area contributed by atoms with E-state index in [1.54, 1.807) is 24.3 Å². The first-order valence-electron chi connectivity index (χ1n) is 24.0. The lowest BCUT2D eigenvalue weighted by Crippen LogP contribution is -2.28. The Bertz CT molecular complexity index is 3120. The Morgan fingerprint density at radius 1 is 0.803 bits per heavy atom. The van der Waals surface area contributed by atoms with E-state index in [2.05, 4.69) is 99.2 Å². The van der Waals surface area contributed by atoms with Gasteiger partial charge in [-0.1, -0.05) is 44.2 Å². The Labute approximate surface area is 420 Å². The average Bonchev–Trinajstić information content (AvgIpc) is 3.71. The van der Waals surface area contributed by atoms with Crippen LogP contribution in [0.3, 0.4) is 0 Å². The van der Waals surface area contributed by atoms with E-state index in [0.29, 0.717) is 39.0 Å². The SMILES string of the molecule is COS(=O)(=O)c1ccc2c(c1)C(C)(C)/C(=C/C=C/C1=[N+](CCCCCC(=O)NCCCOc3ccc(C(=C4C=CC(=[N+](C)C)C=C4)c4ccc(N(C)C)cc4)cc3)c3ccc(S(N)(=O)=O)cc3C1(C)C)N2. The number of sulfonamides is 1. The molecule has 0 spiro atoms. The molecule has 71 heavy (non-hydrogen) atoms. The molecule has 4 N–H and O–H groups in total. The van der Waals surface area contributed by atoms with Crippen molar-refractivity contribution in [3.8, 4) is 5.75 Å². The van der Waals surface area contributed by atoms with E-state index < -0.39 is 31.0 Å². The second kappa shape index (κ2) is 21.5. The molecule has 1 amide bonds. The monoisotopic (exact) mass is 1000 g/mol. The summed E-state index contributed by atoms with van der Waals surface area (Å²) in [4.78, 5) is 15.1. The molecule has 2 aliphatic heterocycles. The van der Waals surface area contributed by atoms with Crippen LogP contribution in [0, 0.1) is 0 Å². The highest BCUT2D eigenvalue weighted by atomic mass is 32.2. The normalized spacial score (nSPS) is 16.3. The van der Waals surface area contributed by atoms with Crippen molar-refractivity contribution in [2.75, 3.05) is 65.2 Å². The Kier molecular flexibility index (Phi) is 15.9. The lowest BCUT2D eigenvalue weighted by Gasteiger charge is -2.20. The molecule has 0 bridgehead atoms. The molecule has 0 saturated carbocycles. The van der Waals surface area contributed by atoms with Crippen LogP contribution in [0.2, 0.25) is 0 Å². The lowest BCUT2D eigenvalue weighted by molar-refractivity contribution is -0.462. The van der Waals surface area contributed by atoms with Crippen LogP contribution in [0.4, 0.5) is 17.1 Å². The van der Waals surface area contributed by atoms with Crippen LogP contribution in [0.15, 0.2) is 149 Å². The molecular weight excluding hydrogens is 933 g/mol. The summed E-state index contributed by atoms with van der Waals surface area (Å²) in [5.41, 5.74) is 11.0. The van der Waals surface area contributed by atoms with Crippen molar-refractivity contribution in [1.29, 1.82) is 0 Å². The van der Waals surface area contributed by atoms with Crippen molar-refractivity contribution in [3.63, 3.8) is 0 Å². The minimum absolute atomic E-state index is 0.00295. The van der Waals surface area contributed by atoms with Crippen LogP contribution in [0.5, 0.6) is 5.75 Å². The second-order valence-electron chi connectivity index (χ2n) is 19.5. The smallest absolute Gasteiger partial charge is 0.296 e. The maximum Gasteiger partial charge on any atom is 0.296 e. The quantitative estimate of drug-likeness (QED) is 0.0474. The maximum atomic E-state index is 12.9. The molecule has 0 unspecified atom stereocenters. The molecule has 13 nitrogen and oxygen atoms in total. The molecule has 4 aromatic carbocycles. The Hall–Kier alpha value is -6.39. The van der Waals surface area contributed by atoms with E-state index >= 15 is 0 Å². The van der Waals surface area contributed by atoms with Gasteiger partial charge in [0.05, 0.1) is 28.9 Å². The standard InChI is InChI=1S/C56H66N6O7S2/c1-55(2)47-38-46(71(66,67)68-9)30-32-49(47)59-51(55)15-13-16-52-56(3,4)48-37-45(70(57,64)65)31-33-50(48)62(52)35-12-10-11-17-53(63)58-34-14-36-69-44-28-22-41(23-29-44)54(39-18-24-42(25-19-39)60(5)6)40-20-26-43(27-21-40)61(7)8/h13,15-16,18-33,37-38H,10-12,14,17,34-36H2,1-9H3,(H2-,57,58,63,64,65)/p+2. The molecule has 15 heteroatoms. The van der Waals surface area contributed by atoms with Gasteiger partial charge in [-0.25, -0.2) is 18.1 Å². The number of ether oxygens (including phenoxy) is 1. The third-order valence-electron chi connectivity index (χ3n) is 13.5. The van der Waals surface area contributed by atoms with Crippen LogP contribution < -0.4 is 25.4 Å². The van der Waals surface area contributed by atoms with Gasteiger partial charge < -0.3 is 20.3 Å². The first-order valence-corrected chi connectivity index (χ1v) is 26.9. The highest BCUT2D eigenvalue weighted by Gasteiger charge is 2.45. The number of unbranched alkanes of at least 4 members (excludes halogenated alkanes) is 2. The van der Waals surface area contributed by atoms with Gasteiger partial charge in [-0.3, -0.25) is 8.98 Å². The van der Waals surface area contributed by atoms with Gasteiger partial charge in [0.15, 0.2) is 11.4 Å². The highest BCUT2D eigenvalue weighted by molar-refractivity contribution is 7.89. The number of fused-ring (bicyclic) bond motifs is 2. The zero-order chi connectivity index (χ0) is 51.3. The van der Waals surface area contributed by atoms with Gasteiger partial charge in [0.25, 0.3) is 10.1 Å². The summed E-state index contributed by atoms with van der Waals surface area (Å²) >= 11 is 0. The lowest BCUT2D eigenvalue weighted by atomic mass is 9.81. The summed E-state index contributed by atoms with van der Waals surface area (Å²) in [6.45, 7) is 9.82. The number of allylic oxidation sites excluding steroid dienone is 9. The molecule has 0 aromatic heterocycles. The van der Waals surface area contributed by atoms with Crippen molar-refractivity contribution in [2.24, 2.45) is 5.14 Å². The van der Waals surface area contributed by atoms with Crippen LogP contribution >= 0.6 is 0 Å². The summed E-state index contributed by atoms with van der Waals surface area (Å²) in [5, 5.41) is 12.1. The average molecular weight is 1000 g/mol. The summed E-state index contributed by atoms with van der Waals surface area (Å²) < 4.78 is 65.0. The van der Waals surface area contributed by atoms with Gasteiger partial charge in [0.1, 0.15) is 26.4 Å². The summed E-state index contributed by atoms with van der Waals surface area (Å²) in [6.07, 6.45) is 18.0. The molecule has 374 valence electrons. The highest BCUT2D eigenvalue weighted by Crippen LogP contribution is 2.45. The van der Waals surface area contributed by atoms with E-state index in [9.17, 15) is 21.6 Å². The van der Waals surface area contributed by atoms with Crippen molar-refractivity contribution in [3.05, 3.63) is 161 Å². The fourth-order valence-corrected chi connectivity index (χ4v) is 10.5. The molecule has 3 aliphatic rings. The summed E-state index contributed by atoms with van der Waals surface area (Å²) in [7, 11) is 1.52. The molecule has 0 fully saturated rings. The van der Waals surface area contributed by atoms with E-state index in [1.165, 1.54) is 6.07 Å². The predicted molar refractivity (Wildman–Crippen MR) is 285 cm³/mol. The molecule has 0 atom stereocenters. The van der Waals surface area contributed by atoms with E-state index in [-0.39, 0.29) is 15.7 Å². The third-order valence-corrected chi connectivity index (χ3v) is 15.7. The van der Waals surface area contributed by atoms with Crippen LogP contribution in [-0.2, 0) is 39.9 Å². The number of nitrogens with one attached hydrogen (secondary N) is 2. The Morgan fingerprint density at radius 2 is 1.45 bits per heavy atom. The molecule has 0 saturated heterocycles. The van der Waals surface area contributed by atoms with E-state index in [4.69, 9.17) is 14.1 Å². The number of primary sulfonamides is 1. The van der Waals surface area contributed by atoms with Crippen molar-refractivity contribution in [1.82, 2.24) is 5.32 Å². The second-order valence-corrected chi connectivity index (χ2v) is 22.8. The number of nitrogens with two attached hydrogens (primary N) is 1. The van der Waals surface area contributed by atoms with Crippen LogP contribution in [0.1, 0.15) is 82.1 Å². The number of hydrogen-bond donors (Lipinski definition) is 3. The number of nitrogens with zero attached hydrogens (tertiary/aromatic N) is 3. The van der Waals surface area contributed by atoms with Crippen molar-refractivity contribution >= 4 is 60.1 Å². The number of carbonyl (C=O) groups is 1. The molecule has 1 aliphatic carbocycles. The predicted octanol–water partition coefficient (Wildman–Crippen LogP) is 8.74. The van der Waals surface area contributed by atoms with Gasteiger partial charge in [-0.15, -0.1) is 0 Å². The Morgan fingerprint density at radius 3 is 2.08 bits per heavy atom. The molecule has 2 heterocycles. The van der Waals surface area contributed by atoms with Gasteiger partial charge in [-0.2, -0.15) is 13.0 Å². The first kappa shape index (κ1) is 52.4. The van der Waals surface area contributed by atoms with Gasteiger partial charge in [-0.05, 0) is 134 Å². The fraction of sp³-hybridized carbons (Fsp3) is 0.339. The first-order chi connectivity index (χ1) is 33.6. The number of amides is 1. The number of benzene rings is 4. The maximum absolute atomic E-state index is 12.9. The van der Waals surface area contributed by atoms with Gasteiger partial charge in [0, 0.05) is 85.8 Å². The van der Waals surface area contributed by atoms with Gasteiger partial charge >= 0.3 is 0 Å². The number of rotatable bonds is 19. The van der Waals surface area contributed by atoms with E-state index in [0.717, 1.165) is 93.3 Å². The molecular formula is C56H68N6O7S2+2. The fourth-order valence-electron chi connectivity index (χ4n) is 9.29. The number of anilines is 2. The topological polar surface area (TPSA) is 163 Å². The van der Waals surface area contributed by atoms with Crippen molar-refractivity contribution in [2.45, 2.75) is 80.4 Å². The zero-order valence-corrected chi connectivity index (χ0v) is 44.0.